The molecule has 0 bridgehead atoms. The minimum atomic E-state index is -1.44. The lowest BCUT2D eigenvalue weighted by Crippen LogP contribution is -2.23. The number of hydrogen-bond acceptors (Lipinski definition) is 5. The summed E-state index contributed by atoms with van der Waals surface area (Å²) in [6.07, 6.45) is 0. The molecule has 2 aromatic rings. The summed E-state index contributed by atoms with van der Waals surface area (Å²) in [6, 6.07) is 12.3. The van der Waals surface area contributed by atoms with Gasteiger partial charge in [-0.05, 0) is 35.4 Å². The second kappa shape index (κ2) is 7.31. The number of methoxy groups -OCH3 is 1. The Hall–Kier alpha value is -3.02. The second-order valence-electron chi connectivity index (χ2n) is 4.82. The van der Waals surface area contributed by atoms with E-state index in [9.17, 15) is 19.8 Å². The van der Waals surface area contributed by atoms with Crippen molar-refractivity contribution in [3.05, 3.63) is 59.7 Å². The fourth-order valence-electron chi connectivity index (χ4n) is 2.01. The van der Waals surface area contributed by atoms with Gasteiger partial charge in [0, 0.05) is 0 Å². The molecule has 23 heavy (non-hydrogen) atoms. The lowest BCUT2D eigenvalue weighted by Gasteiger charge is -2.13. The maximum atomic E-state index is 12.1. The van der Waals surface area contributed by atoms with E-state index in [0.717, 1.165) is 0 Å². The molecule has 0 saturated carbocycles. The Morgan fingerprint density at radius 3 is 2.17 bits per heavy atom. The molecule has 2 N–H and O–H groups in total. The third-order valence-corrected chi connectivity index (χ3v) is 3.25. The highest BCUT2D eigenvalue weighted by atomic mass is 16.5. The van der Waals surface area contributed by atoms with Crippen molar-refractivity contribution in [1.82, 2.24) is 0 Å². The molecule has 0 aromatic heterocycles. The topological polar surface area (TPSA) is 93.1 Å². The monoisotopic (exact) mass is 316 g/mol. The van der Waals surface area contributed by atoms with Gasteiger partial charge in [-0.15, -0.1) is 0 Å². The molecular weight excluding hydrogens is 300 g/mol. The van der Waals surface area contributed by atoms with Crippen LogP contribution in [0, 0.1) is 0 Å². The summed E-state index contributed by atoms with van der Waals surface area (Å²) in [5, 5.41) is 18.5. The quantitative estimate of drug-likeness (QED) is 0.627. The Morgan fingerprint density at radius 1 is 1.04 bits per heavy atom. The molecule has 2 rings (SSSR count). The van der Waals surface area contributed by atoms with Crippen LogP contribution in [0.5, 0.6) is 11.5 Å². The highest BCUT2D eigenvalue weighted by Crippen LogP contribution is 2.21. The van der Waals surface area contributed by atoms with E-state index in [1.165, 1.54) is 24.3 Å². The number of carboxylic acids is 1. The summed E-state index contributed by atoms with van der Waals surface area (Å²) in [7, 11) is 1.55. The third-order valence-electron chi connectivity index (χ3n) is 3.25. The van der Waals surface area contributed by atoms with E-state index >= 15 is 0 Å². The van der Waals surface area contributed by atoms with Crippen molar-refractivity contribution >= 4 is 11.9 Å². The third kappa shape index (κ3) is 4.23. The van der Waals surface area contributed by atoms with Gasteiger partial charge in [0.2, 0.25) is 0 Å². The molecule has 120 valence electrons. The lowest BCUT2D eigenvalue weighted by molar-refractivity contribution is -0.155. The molecule has 1 atom stereocenters. The summed E-state index contributed by atoms with van der Waals surface area (Å²) in [6.45, 7) is -0.0370. The molecule has 0 fully saturated rings. The highest BCUT2D eigenvalue weighted by Gasteiger charge is 2.29. The number of ether oxygens (including phenoxy) is 2. The molecular formula is C17H16O6. The Balaban J connectivity index is 2.06. The van der Waals surface area contributed by atoms with Gasteiger partial charge in [0.15, 0.2) is 5.92 Å². The Morgan fingerprint density at radius 2 is 1.65 bits per heavy atom. The van der Waals surface area contributed by atoms with Crippen LogP contribution in [-0.4, -0.2) is 29.3 Å². The normalized spacial score (nSPS) is 11.5. The van der Waals surface area contributed by atoms with E-state index in [1.807, 2.05) is 0 Å². The SMILES string of the molecule is COc1ccc(COC(=O)[C@H](C(=O)O)c2ccc(O)cc2)cc1. The van der Waals surface area contributed by atoms with Crippen molar-refractivity contribution in [2.24, 2.45) is 0 Å². The minimum Gasteiger partial charge on any atom is -0.508 e. The van der Waals surface area contributed by atoms with E-state index in [1.54, 1.807) is 31.4 Å². The van der Waals surface area contributed by atoms with Gasteiger partial charge in [-0.1, -0.05) is 24.3 Å². The van der Waals surface area contributed by atoms with Crippen LogP contribution in [0.25, 0.3) is 0 Å². The van der Waals surface area contributed by atoms with E-state index in [0.29, 0.717) is 11.3 Å². The maximum Gasteiger partial charge on any atom is 0.325 e. The number of carboxylic acid groups (broad SMARTS) is 1. The lowest BCUT2D eigenvalue weighted by atomic mass is 9.99. The summed E-state index contributed by atoms with van der Waals surface area (Å²) in [5.74, 6) is -2.94. The van der Waals surface area contributed by atoms with Crippen LogP contribution in [0.15, 0.2) is 48.5 Å². The predicted molar refractivity (Wildman–Crippen MR) is 81.3 cm³/mol. The van der Waals surface area contributed by atoms with Gasteiger partial charge in [-0.3, -0.25) is 9.59 Å². The number of esters is 1. The zero-order valence-electron chi connectivity index (χ0n) is 12.4. The molecule has 6 heteroatoms. The number of hydrogen-bond donors (Lipinski definition) is 2. The standard InChI is InChI=1S/C17H16O6/c1-22-14-8-2-11(3-9-14)10-23-17(21)15(16(19)20)12-4-6-13(18)7-5-12/h2-9,15,18H,10H2,1H3,(H,19,20)/t15-/m0/s1. The summed E-state index contributed by atoms with van der Waals surface area (Å²) in [4.78, 5) is 23.4. The van der Waals surface area contributed by atoms with Gasteiger partial charge in [0.05, 0.1) is 7.11 Å². The number of phenols is 1. The molecule has 0 unspecified atom stereocenters. The van der Waals surface area contributed by atoms with Gasteiger partial charge in [0.25, 0.3) is 0 Å². The molecule has 0 radical (unpaired) electrons. The average molecular weight is 316 g/mol. The molecule has 0 heterocycles. The molecule has 0 spiro atoms. The summed E-state index contributed by atoms with van der Waals surface area (Å²) in [5.41, 5.74) is 0.962. The zero-order chi connectivity index (χ0) is 16.8. The van der Waals surface area contributed by atoms with Crippen molar-refractivity contribution in [3.8, 4) is 11.5 Å². The van der Waals surface area contributed by atoms with Crippen LogP contribution >= 0.6 is 0 Å². The zero-order valence-corrected chi connectivity index (χ0v) is 12.4. The second-order valence-corrected chi connectivity index (χ2v) is 4.82. The predicted octanol–water partition coefficient (Wildman–Crippen LogP) is 2.31. The Bertz CT molecular complexity index is 675. The Kier molecular flexibility index (Phi) is 5.19. The fourth-order valence-corrected chi connectivity index (χ4v) is 2.01. The van der Waals surface area contributed by atoms with E-state index < -0.39 is 17.9 Å². The van der Waals surface area contributed by atoms with Crippen LogP contribution in [0.1, 0.15) is 17.0 Å². The number of phenolic OH excluding ortho intramolecular Hbond substituents is 1. The summed E-state index contributed by atoms with van der Waals surface area (Å²) < 4.78 is 10.1. The summed E-state index contributed by atoms with van der Waals surface area (Å²) >= 11 is 0. The van der Waals surface area contributed by atoms with Gasteiger partial charge in [-0.25, -0.2) is 0 Å². The minimum absolute atomic E-state index is 0.00973. The number of aromatic hydroxyl groups is 1. The van der Waals surface area contributed by atoms with E-state index in [4.69, 9.17) is 9.47 Å². The van der Waals surface area contributed by atoms with Gasteiger partial charge < -0.3 is 19.7 Å². The van der Waals surface area contributed by atoms with Crippen molar-refractivity contribution < 1.29 is 29.3 Å². The van der Waals surface area contributed by atoms with Crippen molar-refractivity contribution in [1.29, 1.82) is 0 Å². The van der Waals surface area contributed by atoms with E-state index in [2.05, 4.69) is 0 Å². The number of aliphatic carboxylic acids is 1. The fraction of sp³-hybridized carbons (Fsp3) is 0.176. The van der Waals surface area contributed by atoms with Gasteiger partial charge >= 0.3 is 11.9 Å². The first-order chi connectivity index (χ1) is 11.0. The van der Waals surface area contributed by atoms with Crippen molar-refractivity contribution in [2.75, 3.05) is 7.11 Å². The smallest absolute Gasteiger partial charge is 0.325 e. The Labute approximate surface area is 132 Å². The average Bonchev–Trinajstić information content (AvgIpc) is 2.55. The van der Waals surface area contributed by atoms with Crippen LogP contribution in [-0.2, 0) is 20.9 Å². The van der Waals surface area contributed by atoms with Crippen LogP contribution < -0.4 is 4.74 Å². The number of rotatable bonds is 6. The molecule has 0 amide bonds. The number of carbonyl (C=O) groups excluding carboxylic acids is 1. The first-order valence-electron chi connectivity index (χ1n) is 6.82. The van der Waals surface area contributed by atoms with Crippen LogP contribution in [0.3, 0.4) is 0 Å². The number of benzene rings is 2. The largest absolute Gasteiger partial charge is 0.508 e. The maximum absolute atomic E-state index is 12.1. The van der Waals surface area contributed by atoms with Crippen LogP contribution in [0.4, 0.5) is 0 Å². The van der Waals surface area contributed by atoms with Crippen LogP contribution in [0.2, 0.25) is 0 Å². The van der Waals surface area contributed by atoms with Gasteiger partial charge in [0.1, 0.15) is 18.1 Å². The molecule has 0 aliphatic heterocycles. The molecule has 0 saturated heterocycles. The highest BCUT2D eigenvalue weighted by molar-refractivity contribution is 5.99. The first-order valence-corrected chi connectivity index (χ1v) is 6.82. The van der Waals surface area contributed by atoms with Crippen molar-refractivity contribution in [2.45, 2.75) is 12.5 Å². The van der Waals surface area contributed by atoms with E-state index in [-0.39, 0.29) is 17.9 Å². The molecule has 6 nitrogen and oxygen atoms in total. The molecule has 2 aromatic carbocycles. The van der Waals surface area contributed by atoms with Gasteiger partial charge in [-0.2, -0.15) is 0 Å². The molecule has 0 aliphatic carbocycles. The molecule has 0 aliphatic rings. The number of carbonyl (C=O) groups is 2. The van der Waals surface area contributed by atoms with Crippen molar-refractivity contribution in [3.63, 3.8) is 0 Å². The first kappa shape index (κ1) is 16.4.